The average Bonchev–Trinajstić information content (AvgIpc) is 2.82. The van der Waals surface area contributed by atoms with Gasteiger partial charge in [-0.25, -0.2) is 0 Å². The highest BCUT2D eigenvalue weighted by atomic mass is 127. The van der Waals surface area contributed by atoms with E-state index in [1.807, 2.05) is 6.21 Å². The number of aryl methyl sites for hydroxylation is 1. The topological polar surface area (TPSA) is 17.3 Å². The van der Waals surface area contributed by atoms with Crippen molar-refractivity contribution < 1.29 is 0 Å². The molecule has 1 fully saturated rings. The molecule has 0 bridgehead atoms. The zero-order valence-corrected chi connectivity index (χ0v) is 15.5. The van der Waals surface area contributed by atoms with Gasteiger partial charge in [0, 0.05) is 32.8 Å². The summed E-state index contributed by atoms with van der Waals surface area (Å²) in [6.45, 7) is 4.46. The van der Waals surface area contributed by atoms with Crippen LogP contribution in [-0.4, -0.2) is 10.8 Å². The highest BCUT2D eigenvalue weighted by Gasteiger charge is 2.19. The fourth-order valence-electron chi connectivity index (χ4n) is 3.51. The lowest BCUT2D eigenvalue weighted by molar-refractivity contribution is 0.346. The van der Waals surface area contributed by atoms with E-state index in [9.17, 15) is 0 Å². The lowest BCUT2D eigenvalue weighted by Gasteiger charge is -2.26. The highest BCUT2D eigenvalue weighted by Crippen LogP contribution is 2.32. The Balaban J connectivity index is 1.84. The number of benzene rings is 1. The number of aromatic nitrogens is 1. The van der Waals surface area contributed by atoms with Crippen molar-refractivity contribution in [3.63, 3.8) is 0 Å². The minimum absolute atomic E-state index is 0.689. The number of aliphatic imine (C=N–C) groups is 1. The van der Waals surface area contributed by atoms with E-state index in [1.54, 1.807) is 0 Å². The Morgan fingerprint density at radius 2 is 1.77 bits per heavy atom. The van der Waals surface area contributed by atoms with E-state index in [4.69, 9.17) is 0 Å². The molecule has 2 aromatic rings. The van der Waals surface area contributed by atoms with Gasteiger partial charge in [0.2, 0.25) is 0 Å². The van der Waals surface area contributed by atoms with Gasteiger partial charge in [-0.05, 0) is 79.6 Å². The number of rotatable bonds is 3. The van der Waals surface area contributed by atoms with Crippen LogP contribution in [0.4, 0.5) is 5.69 Å². The molecule has 0 atom stereocenters. The van der Waals surface area contributed by atoms with E-state index < -0.39 is 0 Å². The normalized spacial score (nSPS) is 16.5. The minimum atomic E-state index is 0.689. The van der Waals surface area contributed by atoms with Crippen LogP contribution in [0.15, 0.2) is 35.3 Å². The monoisotopic (exact) mass is 406 g/mol. The molecule has 116 valence electrons. The van der Waals surface area contributed by atoms with Gasteiger partial charge in [-0.3, -0.25) is 4.99 Å². The molecule has 0 radical (unpaired) electrons. The molecule has 0 spiro atoms. The number of halogens is 1. The van der Waals surface area contributed by atoms with Crippen LogP contribution >= 0.6 is 22.6 Å². The van der Waals surface area contributed by atoms with E-state index in [0.29, 0.717) is 6.04 Å². The molecule has 1 aliphatic carbocycles. The standard InChI is InChI=1S/C19H23IN2/c1-14-12-16(13-21-18-10-8-17(20)9-11-18)15(2)22(14)19-6-4-3-5-7-19/h8-13,19H,3-7H2,1-2H3. The lowest BCUT2D eigenvalue weighted by Crippen LogP contribution is -2.15. The predicted octanol–water partition coefficient (Wildman–Crippen LogP) is 5.97. The molecule has 1 aliphatic rings. The summed E-state index contributed by atoms with van der Waals surface area (Å²) in [4.78, 5) is 4.64. The van der Waals surface area contributed by atoms with Crippen molar-refractivity contribution in [2.75, 3.05) is 0 Å². The first-order valence-corrected chi connectivity index (χ1v) is 9.21. The third-order valence-corrected chi connectivity index (χ3v) is 5.36. The SMILES string of the molecule is Cc1cc(C=Nc2ccc(I)cc2)c(C)n1C1CCCCC1. The van der Waals surface area contributed by atoms with Gasteiger partial charge in [0.1, 0.15) is 0 Å². The Kier molecular flexibility index (Phi) is 5.01. The van der Waals surface area contributed by atoms with Crippen LogP contribution in [0.25, 0.3) is 0 Å². The number of nitrogens with zero attached hydrogens (tertiary/aromatic N) is 2. The van der Waals surface area contributed by atoms with Gasteiger partial charge in [-0.1, -0.05) is 19.3 Å². The molecule has 0 unspecified atom stereocenters. The van der Waals surface area contributed by atoms with E-state index in [2.05, 4.69) is 76.3 Å². The highest BCUT2D eigenvalue weighted by molar-refractivity contribution is 14.1. The van der Waals surface area contributed by atoms with Gasteiger partial charge in [0.25, 0.3) is 0 Å². The lowest BCUT2D eigenvalue weighted by atomic mass is 9.95. The quantitative estimate of drug-likeness (QED) is 0.442. The van der Waals surface area contributed by atoms with Crippen LogP contribution < -0.4 is 0 Å². The van der Waals surface area contributed by atoms with E-state index in [1.165, 1.54) is 52.6 Å². The second kappa shape index (κ2) is 6.99. The maximum absolute atomic E-state index is 4.64. The molecule has 0 saturated heterocycles. The fraction of sp³-hybridized carbons (Fsp3) is 0.421. The molecule has 1 aromatic heterocycles. The minimum Gasteiger partial charge on any atom is -0.345 e. The van der Waals surface area contributed by atoms with Crippen LogP contribution in [0.5, 0.6) is 0 Å². The van der Waals surface area contributed by atoms with Crippen molar-refractivity contribution in [3.05, 3.63) is 50.9 Å². The molecule has 0 N–H and O–H groups in total. The Bertz CT molecular complexity index is 661. The van der Waals surface area contributed by atoms with Crippen molar-refractivity contribution in [1.82, 2.24) is 4.57 Å². The van der Waals surface area contributed by atoms with Gasteiger partial charge in [0.15, 0.2) is 0 Å². The van der Waals surface area contributed by atoms with Crippen molar-refractivity contribution in [3.8, 4) is 0 Å². The summed E-state index contributed by atoms with van der Waals surface area (Å²) >= 11 is 2.32. The Hall–Kier alpha value is -1.10. The van der Waals surface area contributed by atoms with Gasteiger partial charge in [-0.15, -0.1) is 0 Å². The maximum atomic E-state index is 4.64. The van der Waals surface area contributed by atoms with E-state index in [0.717, 1.165) is 5.69 Å². The van der Waals surface area contributed by atoms with Crippen LogP contribution in [0.3, 0.4) is 0 Å². The molecule has 0 aliphatic heterocycles. The first kappa shape index (κ1) is 15.8. The Morgan fingerprint density at radius 1 is 1.09 bits per heavy atom. The molecule has 1 saturated carbocycles. The maximum Gasteiger partial charge on any atom is 0.0630 e. The fourth-order valence-corrected chi connectivity index (χ4v) is 3.87. The molecule has 22 heavy (non-hydrogen) atoms. The molecule has 3 rings (SSSR count). The summed E-state index contributed by atoms with van der Waals surface area (Å²) in [5.41, 5.74) is 5.00. The van der Waals surface area contributed by atoms with Crippen LogP contribution in [0.2, 0.25) is 0 Å². The molecule has 3 heteroatoms. The molecule has 1 aromatic carbocycles. The summed E-state index contributed by atoms with van der Waals surface area (Å²) in [5, 5.41) is 0. The summed E-state index contributed by atoms with van der Waals surface area (Å²) < 4.78 is 3.78. The average molecular weight is 406 g/mol. The second-order valence-corrected chi connectivity index (χ2v) is 7.47. The number of hydrogen-bond donors (Lipinski definition) is 0. The van der Waals surface area contributed by atoms with Crippen LogP contribution in [0, 0.1) is 17.4 Å². The zero-order chi connectivity index (χ0) is 15.5. The third-order valence-electron chi connectivity index (χ3n) is 4.64. The van der Waals surface area contributed by atoms with Gasteiger partial charge in [0.05, 0.1) is 5.69 Å². The predicted molar refractivity (Wildman–Crippen MR) is 102 cm³/mol. The van der Waals surface area contributed by atoms with Crippen molar-refractivity contribution in [1.29, 1.82) is 0 Å². The summed E-state index contributed by atoms with van der Waals surface area (Å²) in [6, 6.07) is 11.3. The smallest absolute Gasteiger partial charge is 0.0630 e. The third kappa shape index (κ3) is 3.45. The van der Waals surface area contributed by atoms with Gasteiger partial charge >= 0.3 is 0 Å². The molecule has 2 nitrogen and oxygen atoms in total. The number of hydrogen-bond acceptors (Lipinski definition) is 1. The Labute approximate surface area is 146 Å². The van der Waals surface area contributed by atoms with Crippen molar-refractivity contribution in [2.45, 2.75) is 52.0 Å². The van der Waals surface area contributed by atoms with E-state index in [-0.39, 0.29) is 0 Å². The Morgan fingerprint density at radius 3 is 2.45 bits per heavy atom. The van der Waals surface area contributed by atoms with Crippen molar-refractivity contribution in [2.24, 2.45) is 4.99 Å². The van der Waals surface area contributed by atoms with Gasteiger partial charge in [-0.2, -0.15) is 0 Å². The first-order chi connectivity index (χ1) is 10.6. The molecular formula is C19H23IN2. The molecule has 1 heterocycles. The molecular weight excluding hydrogens is 383 g/mol. The van der Waals surface area contributed by atoms with Crippen LogP contribution in [-0.2, 0) is 0 Å². The summed E-state index contributed by atoms with van der Waals surface area (Å²) in [5.74, 6) is 0. The molecule has 0 amide bonds. The van der Waals surface area contributed by atoms with Gasteiger partial charge < -0.3 is 4.57 Å². The van der Waals surface area contributed by atoms with Crippen molar-refractivity contribution >= 4 is 34.5 Å². The summed E-state index contributed by atoms with van der Waals surface area (Å²) in [6.07, 6.45) is 8.80. The van der Waals surface area contributed by atoms with E-state index >= 15 is 0 Å². The largest absolute Gasteiger partial charge is 0.345 e. The van der Waals surface area contributed by atoms with Crippen LogP contribution in [0.1, 0.15) is 55.1 Å². The second-order valence-electron chi connectivity index (χ2n) is 6.22. The summed E-state index contributed by atoms with van der Waals surface area (Å²) in [7, 11) is 0. The first-order valence-electron chi connectivity index (χ1n) is 8.13. The zero-order valence-electron chi connectivity index (χ0n) is 13.3.